The average Bonchev–Trinajstić information content (AvgIpc) is 2.44. The van der Waals surface area contributed by atoms with Crippen LogP contribution < -0.4 is 15.8 Å². The minimum absolute atomic E-state index is 0.0299. The number of nitrogens with two attached hydrogens (primary N) is 1. The van der Waals surface area contributed by atoms with Crippen LogP contribution in [0.3, 0.4) is 0 Å². The average molecular weight is 382 g/mol. The highest BCUT2D eigenvalue weighted by Gasteiger charge is 2.34. The molecule has 0 saturated carbocycles. The number of primary amides is 1. The Kier molecular flexibility index (Phi) is 6.07. The Bertz CT molecular complexity index is 717. The second-order valence-corrected chi connectivity index (χ2v) is 5.87. The van der Waals surface area contributed by atoms with E-state index in [4.69, 9.17) is 12.2 Å². The predicted octanol–water partition coefficient (Wildman–Crippen LogP) is 3.96. The third-order valence-corrected chi connectivity index (χ3v) is 3.36. The van der Waals surface area contributed by atoms with E-state index in [0.29, 0.717) is 6.07 Å². The molecule has 1 aromatic carbocycles. The highest BCUT2D eigenvalue weighted by atomic mass is 19.4. The molecule has 0 bridgehead atoms. The van der Waals surface area contributed by atoms with Crippen molar-refractivity contribution in [3.63, 3.8) is 0 Å². The van der Waals surface area contributed by atoms with Crippen molar-refractivity contribution in [2.75, 3.05) is 11.9 Å². The standard InChI is InChI=1S/C16H16F6N2O2/c1-4-14(2,3)11-8-9(26-16(20,21)22)7-10(13(23)25)12(11)24-6-5-15(17,18)19/h1,7-8,24H,5-6H2,2-3H3,(H2,23,25). The van der Waals surface area contributed by atoms with Gasteiger partial charge < -0.3 is 15.8 Å². The maximum absolute atomic E-state index is 12.5. The smallest absolute Gasteiger partial charge is 0.406 e. The van der Waals surface area contributed by atoms with Crippen LogP contribution in [0.2, 0.25) is 0 Å². The molecule has 1 aromatic rings. The fourth-order valence-corrected chi connectivity index (χ4v) is 2.09. The SMILES string of the molecule is C#CC(C)(C)c1cc(OC(F)(F)F)cc(C(N)=O)c1NCCC(F)(F)F. The quantitative estimate of drug-likeness (QED) is 0.578. The maximum Gasteiger partial charge on any atom is 0.573 e. The number of carbonyl (C=O) groups is 1. The molecule has 0 heterocycles. The highest BCUT2D eigenvalue weighted by molar-refractivity contribution is 6.00. The number of alkyl halides is 6. The van der Waals surface area contributed by atoms with E-state index >= 15 is 0 Å². The van der Waals surface area contributed by atoms with Gasteiger partial charge in [-0.05, 0) is 31.5 Å². The molecule has 10 heteroatoms. The lowest BCUT2D eigenvalue weighted by Crippen LogP contribution is -2.25. The Morgan fingerprint density at radius 3 is 2.23 bits per heavy atom. The largest absolute Gasteiger partial charge is 0.573 e. The minimum Gasteiger partial charge on any atom is -0.406 e. The van der Waals surface area contributed by atoms with Crippen LogP contribution in [-0.4, -0.2) is 25.0 Å². The summed E-state index contributed by atoms with van der Waals surface area (Å²) in [4.78, 5) is 11.6. The zero-order valence-electron chi connectivity index (χ0n) is 13.8. The molecule has 0 aliphatic carbocycles. The summed E-state index contributed by atoms with van der Waals surface area (Å²) in [7, 11) is 0. The second kappa shape index (κ2) is 7.35. The fourth-order valence-electron chi connectivity index (χ4n) is 2.09. The minimum atomic E-state index is -5.04. The molecular weight excluding hydrogens is 366 g/mol. The van der Waals surface area contributed by atoms with Gasteiger partial charge in [0, 0.05) is 6.54 Å². The van der Waals surface area contributed by atoms with Crippen LogP contribution in [0.1, 0.15) is 36.2 Å². The van der Waals surface area contributed by atoms with E-state index in [1.165, 1.54) is 13.8 Å². The van der Waals surface area contributed by atoms with Crippen molar-refractivity contribution in [1.29, 1.82) is 0 Å². The summed E-state index contributed by atoms with van der Waals surface area (Å²) < 4.78 is 78.4. The maximum atomic E-state index is 12.5. The summed E-state index contributed by atoms with van der Waals surface area (Å²) in [6.45, 7) is 2.26. The zero-order valence-corrected chi connectivity index (χ0v) is 13.8. The van der Waals surface area contributed by atoms with E-state index in [1.807, 2.05) is 0 Å². The van der Waals surface area contributed by atoms with Crippen molar-refractivity contribution in [3.05, 3.63) is 23.3 Å². The predicted molar refractivity (Wildman–Crippen MR) is 82.7 cm³/mol. The van der Waals surface area contributed by atoms with E-state index in [0.717, 1.165) is 6.07 Å². The van der Waals surface area contributed by atoms with Crippen LogP contribution in [-0.2, 0) is 5.41 Å². The number of nitrogens with one attached hydrogen (secondary N) is 1. The van der Waals surface area contributed by atoms with E-state index in [1.54, 1.807) is 0 Å². The van der Waals surface area contributed by atoms with Crippen molar-refractivity contribution in [3.8, 4) is 18.1 Å². The molecular formula is C16H16F6N2O2. The van der Waals surface area contributed by atoms with Crippen LogP contribution in [0.5, 0.6) is 5.75 Å². The van der Waals surface area contributed by atoms with E-state index in [2.05, 4.69) is 16.0 Å². The van der Waals surface area contributed by atoms with Gasteiger partial charge in [0.1, 0.15) is 5.75 Å². The molecule has 144 valence electrons. The lowest BCUT2D eigenvalue weighted by molar-refractivity contribution is -0.274. The van der Waals surface area contributed by atoms with Gasteiger partial charge in [-0.25, -0.2) is 0 Å². The number of hydrogen-bond acceptors (Lipinski definition) is 3. The van der Waals surface area contributed by atoms with Crippen LogP contribution in [0.4, 0.5) is 32.0 Å². The van der Waals surface area contributed by atoms with E-state index in [9.17, 15) is 31.1 Å². The molecule has 3 N–H and O–H groups in total. The molecule has 0 fully saturated rings. The lowest BCUT2D eigenvalue weighted by Gasteiger charge is -2.26. The molecule has 0 aliphatic rings. The van der Waals surface area contributed by atoms with E-state index < -0.39 is 48.1 Å². The number of rotatable bonds is 6. The van der Waals surface area contributed by atoms with Gasteiger partial charge in [0.2, 0.25) is 0 Å². The zero-order chi connectivity index (χ0) is 20.3. The Morgan fingerprint density at radius 2 is 1.81 bits per heavy atom. The first kappa shape index (κ1) is 21.5. The number of terminal acetylenes is 1. The van der Waals surface area contributed by atoms with Crippen LogP contribution in [0, 0.1) is 12.3 Å². The number of halogens is 6. The molecule has 0 radical (unpaired) electrons. The van der Waals surface area contributed by atoms with Gasteiger partial charge >= 0.3 is 12.5 Å². The first-order valence-electron chi connectivity index (χ1n) is 7.19. The molecule has 0 unspecified atom stereocenters. The number of ether oxygens (including phenoxy) is 1. The molecule has 1 rings (SSSR count). The molecule has 4 nitrogen and oxygen atoms in total. The molecule has 0 spiro atoms. The summed E-state index contributed by atoms with van der Waals surface area (Å²) in [5.41, 5.74) is 3.28. The molecule has 0 aromatic heterocycles. The summed E-state index contributed by atoms with van der Waals surface area (Å²) in [6, 6.07) is 1.61. The Balaban J connectivity index is 3.48. The van der Waals surface area contributed by atoms with Gasteiger partial charge in [0.25, 0.3) is 5.91 Å². The van der Waals surface area contributed by atoms with Gasteiger partial charge in [-0.15, -0.1) is 19.6 Å². The third kappa shape index (κ3) is 6.06. The van der Waals surface area contributed by atoms with Gasteiger partial charge in [0.15, 0.2) is 0 Å². The van der Waals surface area contributed by atoms with Crippen LogP contribution >= 0.6 is 0 Å². The monoisotopic (exact) mass is 382 g/mol. The van der Waals surface area contributed by atoms with Crippen molar-refractivity contribution >= 4 is 11.6 Å². The van der Waals surface area contributed by atoms with Crippen molar-refractivity contribution in [2.24, 2.45) is 5.73 Å². The first-order chi connectivity index (χ1) is 11.7. The molecule has 0 aliphatic heterocycles. The second-order valence-electron chi connectivity index (χ2n) is 5.87. The number of carbonyl (C=O) groups excluding carboxylic acids is 1. The van der Waals surface area contributed by atoms with Gasteiger partial charge in [-0.2, -0.15) is 13.2 Å². The normalized spacial score (nSPS) is 12.4. The summed E-state index contributed by atoms with van der Waals surface area (Å²) in [6.07, 6.45) is -5.38. The molecule has 26 heavy (non-hydrogen) atoms. The third-order valence-electron chi connectivity index (χ3n) is 3.36. The van der Waals surface area contributed by atoms with Crippen molar-refractivity contribution < 1.29 is 35.9 Å². The summed E-state index contributed by atoms with van der Waals surface area (Å²) in [5, 5.41) is 2.40. The summed E-state index contributed by atoms with van der Waals surface area (Å²) >= 11 is 0. The van der Waals surface area contributed by atoms with Crippen LogP contribution in [0.25, 0.3) is 0 Å². The Morgan fingerprint density at radius 1 is 1.23 bits per heavy atom. The summed E-state index contributed by atoms with van der Waals surface area (Å²) in [5.74, 6) is 0.400. The van der Waals surface area contributed by atoms with Gasteiger partial charge in [-0.1, -0.05) is 5.92 Å². The molecule has 0 atom stereocenters. The molecule has 1 amide bonds. The number of hydrogen-bond donors (Lipinski definition) is 2. The lowest BCUT2D eigenvalue weighted by atomic mass is 9.83. The first-order valence-corrected chi connectivity index (χ1v) is 7.19. The van der Waals surface area contributed by atoms with Crippen LogP contribution in [0.15, 0.2) is 12.1 Å². The Hall–Kier alpha value is -2.57. The highest BCUT2D eigenvalue weighted by Crippen LogP contribution is 2.37. The Labute approximate surface area is 145 Å². The van der Waals surface area contributed by atoms with Crippen molar-refractivity contribution in [2.45, 2.75) is 38.2 Å². The molecule has 0 saturated heterocycles. The number of anilines is 1. The topological polar surface area (TPSA) is 64.3 Å². The van der Waals surface area contributed by atoms with E-state index in [-0.39, 0.29) is 11.3 Å². The number of benzene rings is 1. The van der Waals surface area contributed by atoms with Crippen molar-refractivity contribution in [1.82, 2.24) is 0 Å². The number of amides is 1. The fraction of sp³-hybridized carbons (Fsp3) is 0.438. The van der Waals surface area contributed by atoms with Gasteiger partial charge in [0.05, 0.1) is 23.1 Å². The van der Waals surface area contributed by atoms with Gasteiger partial charge in [-0.3, -0.25) is 4.79 Å².